The monoisotopic (exact) mass is 238 g/mol. The van der Waals surface area contributed by atoms with Crippen molar-refractivity contribution in [2.75, 3.05) is 19.7 Å². The summed E-state index contributed by atoms with van der Waals surface area (Å²) in [5.41, 5.74) is 7.21. The van der Waals surface area contributed by atoms with Crippen molar-refractivity contribution >= 4 is 5.91 Å². The number of hydrogen-bond donors (Lipinski definition) is 2. The van der Waals surface area contributed by atoms with Gasteiger partial charge in [0.2, 0.25) is 0 Å². The number of aromatic nitrogens is 2. The normalized spacial score (nSPS) is 22.5. The number of hydrogen-bond acceptors (Lipinski definition) is 4. The zero-order valence-electron chi connectivity index (χ0n) is 10.1. The number of nitrogens with two attached hydrogens (primary N) is 1. The van der Waals surface area contributed by atoms with Gasteiger partial charge in [-0.1, -0.05) is 0 Å². The summed E-state index contributed by atoms with van der Waals surface area (Å²) in [6, 6.07) is -0.0731. The number of carbonyl (C=O) groups is 1. The lowest BCUT2D eigenvalue weighted by Crippen LogP contribution is -2.51. The molecule has 0 aliphatic carbocycles. The van der Waals surface area contributed by atoms with Gasteiger partial charge in [0.15, 0.2) is 0 Å². The summed E-state index contributed by atoms with van der Waals surface area (Å²) in [5.74, 6) is -0.00907. The van der Waals surface area contributed by atoms with Crippen LogP contribution in [0.5, 0.6) is 0 Å². The molecule has 3 N–H and O–H groups in total. The molecule has 2 heterocycles. The van der Waals surface area contributed by atoms with Crippen molar-refractivity contribution in [2.45, 2.75) is 26.0 Å². The summed E-state index contributed by atoms with van der Waals surface area (Å²) in [4.78, 5) is 14.0. The van der Waals surface area contributed by atoms with E-state index in [1.807, 2.05) is 13.8 Å². The first kappa shape index (κ1) is 12.1. The number of amides is 1. The zero-order chi connectivity index (χ0) is 12.4. The molecular weight excluding hydrogens is 220 g/mol. The molecule has 1 aromatic heterocycles. The Hall–Kier alpha value is -1.40. The molecule has 1 aliphatic rings. The van der Waals surface area contributed by atoms with E-state index in [0.717, 1.165) is 5.69 Å². The fourth-order valence-electron chi connectivity index (χ4n) is 1.91. The van der Waals surface area contributed by atoms with Crippen molar-refractivity contribution in [3.63, 3.8) is 0 Å². The third-order valence-corrected chi connectivity index (χ3v) is 3.03. The first-order valence-electron chi connectivity index (χ1n) is 5.76. The highest BCUT2D eigenvalue weighted by Gasteiger charge is 2.28. The maximum Gasteiger partial charge on any atom is 0.257 e. The molecule has 0 radical (unpaired) electrons. The van der Waals surface area contributed by atoms with E-state index in [-0.39, 0.29) is 18.1 Å². The predicted molar refractivity (Wildman–Crippen MR) is 62.6 cm³/mol. The average Bonchev–Trinajstić information content (AvgIpc) is 2.74. The van der Waals surface area contributed by atoms with Gasteiger partial charge in [-0.2, -0.15) is 5.10 Å². The average molecular weight is 238 g/mol. The third-order valence-electron chi connectivity index (χ3n) is 3.03. The van der Waals surface area contributed by atoms with E-state index >= 15 is 0 Å². The Labute approximate surface area is 100 Å². The first-order chi connectivity index (χ1) is 8.09. The van der Waals surface area contributed by atoms with E-state index in [9.17, 15) is 4.79 Å². The Kier molecular flexibility index (Phi) is 3.44. The number of carbonyl (C=O) groups excluding carboxylic acids is 1. The molecule has 2 unspecified atom stereocenters. The van der Waals surface area contributed by atoms with Crippen molar-refractivity contribution in [2.24, 2.45) is 5.73 Å². The molecule has 2 atom stereocenters. The first-order valence-corrected chi connectivity index (χ1v) is 5.76. The summed E-state index contributed by atoms with van der Waals surface area (Å²) < 4.78 is 5.53. The van der Waals surface area contributed by atoms with E-state index in [1.54, 1.807) is 11.1 Å². The standard InChI is InChI=1S/C11H18N4O2/c1-7(12)10-6-15(3-4-17-10)11(16)9-5-13-14-8(9)2/h5,7,10H,3-4,6,12H2,1-2H3,(H,13,14). The molecule has 0 bridgehead atoms. The number of aryl methyl sites for hydroxylation is 1. The number of H-pyrrole nitrogens is 1. The second-order valence-corrected chi connectivity index (χ2v) is 4.43. The van der Waals surface area contributed by atoms with Crippen LogP contribution < -0.4 is 5.73 Å². The van der Waals surface area contributed by atoms with Gasteiger partial charge in [0, 0.05) is 24.8 Å². The molecule has 1 fully saturated rings. The Morgan fingerprint density at radius 3 is 3.12 bits per heavy atom. The number of aromatic amines is 1. The third kappa shape index (κ3) is 2.48. The Bertz CT molecular complexity index is 402. The van der Waals surface area contributed by atoms with Crippen molar-refractivity contribution in [1.29, 1.82) is 0 Å². The van der Waals surface area contributed by atoms with E-state index in [1.165, 1.54) is 0 Å². The van der Waals surface area contributed by atoms with Crippen molar-refractivity contribution in [1.82, 2.24) is 15.1 Å². The van der Waals surface area contributed by atoms with Gasteiger partial charge >= 0.3 is 0 Å². The lowest BCUT2D eigenvalue weighted by atomic mass is 10.1. The highest BCUT2D eigenvalue weighted by molar-refractivity contribution is 5.95. The number of nitrogens with one attached hydrogen (secondary N) is 1. The Balaban J connectivity index is 2.07. The van der Waals surface area contributed by atoms with Crippen LogP contribution in [0.1, 0.15) is 23.0 Å². The maximum atomic E-state index is 12.2. The van der Waals surface area contributed by atoms with Crippen LogP contribution in [0.25, 0.3) is 0 Å². The smallest absolute Gasteiger partial charge is 0.257 e. The van der Waals surface area contributed by atoms with Crippen LogP contribution in [0, 0.1) is 6.92 Å². The van der Waals surface area contributed by atoms with Crippen LogP contribution in [0.3, 0.4) is 0 Å². The van der Waals surface area contributed by atoms with Crippen LogP contribution in [0.15, 0.2) is 6.20 Å². The van der Waals surface area contributed by atoms with E-state index in [0.29, 0.717) is 25.3 Å². The molecule has 0 saturated carbocycles. The van der Waals surface area contributed by atoms with Gasteiger partial charge in [0.1, 0.15) is 0 Å². The maximum absolute atomic E-state index is 12.2. The van der Waals surface area contributed by atoms with Gasteiger partial charge in [0.25, 0.3) is 5.91 Å². The summed E-state index contributed by atoms with van der Waals surface area (Å²) >= 11 is 0. The Morgan fingerprint density at radius 2 is 2.53 bits per heavy atom. The molecule has 94 valence electrons. The SMILES string of the molecule is Cc1[nH]ncc1C(=O)N1CCOC(C(C)N)C1. The summed E-state index contributed by atoms with van der Waals surface area (Å²) in [5, 5.41) is 6.63. The molecule has 1 aromatic rings. The van der Waals surface area contributed by atoms with Crippen LogP contribution in [0.4, 0.5) is 0 Å². The summed E-state index contributed by atoms with van der Waals surface area (Å²) in [6.45, 7) is 5.41. The molecule has 6 heteroatoms. The molecular formula is C11H18N4O2. The molecule has 1 aliphatic heterocycles. The summed E-state index contributed by atoms with van der Waals surface area (Å²) in [7, 11) is 0. The lowest BCUT2D eigenvalue weighted by molar-refractivity contribution is -0.0300. The highest BCUT2D eigenvalue weighted by atomic mass is 16.5. The van der Waals surface area contributed by atoms with Gasteiger partial charge in [-0.25, -0.2) is 0 Å². The molecule has 0 spiro atoms. The summed E-state index contributed by atoms with van der Waals surface area (Å²) in [6.07, 6.45) is 1.48. The quantitative estimate of drug-likeness (QED) is 0.754. The lowest BCUT2D eigenvalue weighted by Gasteiger charge is -2.34. The second kappa shape index (κ2) is 4.85. The second-order valence-electron chi connectivity index (χ2n) is 4.43. The molecule has 0 aromatic carbocycles. The zero-order valence-corrected chi connectivity index (χ0v) is 10.1. The van der Waals surface area contributed by atoms with Gasteiger partial charge < -0.3 is 15.4 Å². The molecule has 6 nitrogen and oxygen atoms in total. The van der Waals surface area contributed by atoms with Crippen molar-refractivity contribution < 1.29 is 9.53 Å². The minimum absolute atomic E-state index is 0.00907. The van der Waals surface area contributed by atoms with Crippen LogP contribution in [-0.4, -0.2) is 52.8 Å². The largest absolute Gasteiger partial charge is 0.373 e. The molecule has 2 rings (SSSR count). The van der Waals surface area contributed by atoms with E-state index in [2.05, 4.69) is 10.2 Å². The van der Waals surface area contributed by atoms with Crippen LogP contribution >= 0.6 is 0 Å². The van der Waals surface area contributed by atoms with Crippen molar-refractivity contribution in [3.05, 3.63) is 17.5 Å². The Morgan fingerprint density at radius 1 is 1.76 bits per heavy atom. The fraction of sp³-hybridized carbons (Fsp3) is 0.636. The molecule has 17 heavy (non-hydrogen) atoms. The van der Waals surface area contributed by atoms with Crippen LogP contribution in [-0.2, 0) is 4.74 Å². The number of nitrogens with zero attached hydrogens (tertiary/aromatic N) is 2. The van der Waals surface area contributed by atoms with Gasteiger partial charge in [0.05, 0.1) is 24.5 Å². The number of rotatable bonds is 2. The van der Waals surface area contributed by atoms with Crippen molar-refractivity contribution in [3.8, 4) is 0 Å². The van der Waals surface area contributed by atoms with Gasteiger partial charge in [-0.05, 0) is 13.8 Å². The molecule has 1 saturated heterocycles. The predicted octanol–water partition coefficient (Wildman–Crippen LogP) is -0.0937. The number of ether oxygens (including phenoxy) is 1. The minimum Gasteiger partial charge on any atom is -0.373 e. The van der Waals surface area contributed by atoms with Gasteiger partial charge in [-0.3, -0.25) is 9.89 Å². The topological polar surface area (TPSA) is 84.2 Å². The fourth-order valence-corrected chi connectivity index (χ4v) is 1.91. The number of morpholine rings is 1. The van der Waals surface area contributed by atoms with E-state index in [4.69, 9.17) is 10.5 Å². The molecule has 1 amide bonds. The van der Waals surface area contributed by atoms with Gasteiger partial charge in [-0.15, -0.1) is 0 Å². The van der Waals surface area contributed by atoms with Crippen LogP contribution in [0.2, 0.25) is 0 Å². The minimum atomic E-state index is -0.0834. The highest BCUT2D eigenvalue weighted by Crippen LogP contribution is 2.13. The van der Waals surface area contributed by atoms with E-state index < -0.39 is 0 Å².